The van der Waals surface area contributed by atoms with Crippen molar-refractivity contribution in [1.82, 2.24) is 14.8 Å². The number of hydrogen-bond donors (Lipinski definition) is 2. The minimum absolute atomic E-state index is 0.179. The van der Waals surface area contributed by atoms with Gasteiger partial charge in [0.05, 0.1) is 11.3 Å². The van der Waals surface area contributed by atoms with Gasteiger partial charge < -0.3 is 10.4 Å². The Balaban J connectivity index is 1.54. The van der Waals surface area contributed by atoms with Crippen LogP contribution in [-0.2, 0) is 0 Å². The lowest BCUT2D eigenvalue weighted by molar-refractivity contribution is 0.0696. The fourth-order valence-electron chi connectivity index (χ4n) is 2.92. The van der Waals surface area contributed by atoms with Crippen LogP contribution in [0.2, 0.25) is 5.02 Å². The highest BCUT2D eigenvalue weighted by atomic mass is 35.5. The molecule has 0 saturated heterocycles. The first-order valence-electron chi connectivity index (χ1n) is 8.91. The Morgan fingerprint density at radius 3 is 2.27 bits per heavy atom. The minimum Gasteiger partial charge on any atom is -0.478 e. The van der Waals surface area contributed by atoms with E-state index in [9.17, 15) is 9.59 Å². The van der Waals surface area contributed by atoms with Gasteiger partial charge in [-0.1, -0.05) is 23.7 Å². The monoisotopic (exact) mass is 418 g/mol. The molecule has 1 aromatic heterocycles. The first kappa shape index (κ1) is 19.4. The highest BCUT2D eigenvalue weighted by Gasteiger charge is 2.12. The van der Waals surface area contributed by atoms with Crippen molar-refractivity contribution in [3.05, 3.63) is 95.5 Å². The highest BCUT2D eigenvalue weighted by molar-refractivity contribution is 6.33. The predicted molar refractivity (Wildman–Crippen MR) is 113 cm³/mol. The van der Waals surface area contributed by atoms with E-state index < -0.39 is 5.97 Å². The summed E-state index contributed by atoms with van der Waals surface area (Å²) < 4.78 is 1.62. The molecule has 1 amide bonds. The number of halogens is 1. The molecule has 0 unspecified atom stereocenters. The average molecular weight is 419 g/mol. The highest BCUT2D eigenvalue weighted by Crippen LogP contribution is 2.29. The topological polar surface area (TPSA) is 97.1 Å². The van der Waals surface area contributed by atoms with E-state index in [4.69, 9.17) is 16.7 Å². The molecule has 0 fully saturated rings. The maximum atomic E-state index is 12.7. The van der Waals surface area contributed by atoms with E-state index in [-0.39, 0.29) is 11.5 Å². The number of nitrogens with zero attached hydrogens (tertiary/aromatic N) is 3. The Hall–Kier alpha value is -3.97. The molecular weight excluding hydrogens is 404 g/mol. The van der Waals surface area contributed by atoms with E-state index in [0.717, 1.165) is 11.3 Å². The Bertz CT molecular complexity index is 1200. The molecule has 3 aromatic carbocycles. The van der Waals surface area contributed by atoms with Gasteiger partial charge in [0.2, 0.25) is 0 Å². The largest absolute Gasteiger partial charge is 0.478 e. The first-order chi connectivity index (χ1) is 14.5. The number of anilines is 1. The van der Waals surface area contributed by atoms with Gasteiger partial charge in [-0.15, -0.1) is 0 Å². The van der Waals surface area contributed by atoms with Crippen molar-refractivity contribution in [1.29, 1.82) is 0 Å². The zero-order chi connectivity index (χ0) is 21.1. The Kier molecular flexibility index (Phi) is 5.28. The van der Waals surface area contributed by atoms with Gasteiger partial charge in [0, 0.05) is 21.8 Å². The second-order valence-corrected chi connectivity index (χ2v) is 6.83. The van der Waals surface area contributed by atoms with Crippen LogP contribution in [0.4, 0.5) is 5.69 Å². The van der Waals surface area contributed by atoms with Crippen LogP contribution in [0.3, 0.4) is 0 Å². The van der Waals surface area contributed by atoms with Crippen molar-refractivity contribution in [2.24, 2.45) is 0 Å². The molecule has 0 aliphatic rings. The summed E-state index contributed by atoms with van der Waals surface area (Å²) in [4.78, 5) is 27.6. The molecule has 7 nitrogen and oxygen atoms in total. The number of carbonyl (C=O) groups excluding carboxylic acids is 1. The molecule has 0 aliphatic heterocycles. The van der Waals surface area contributed by atoms with Crippen LogP contribution in [0, 0.1) is 0 Å². The fraction of sp³-hybridized carbons (Fsp3) is 0. The van der Waals surface area contributed by atoms with E-state index in [1.807, 2.05) is 12.1 Å². The second kappa shape index (κ2) is 8.18. The van der Waals surface area contributed by atoms with Crippen LogP contribution in [0.15, 0.2) is 79.4 Å². The van der Waals surface area contributed by atoms with Gasteiger partial charge in [-0.3, -0.25) is 4.79 Å². The van der Waals surface area contributed by atoms with Gasteiger partial charge in [-0.25, -0.2) is 14.5 Å². The van der Waals surface area contributed by atoms with E-state index >= 15 is 0 Å². The van der Waals surface area contributed by atoms with Gasteiger partial charge in [0.1, 0.15) is 12.7 Å². The molecule has 1 heterocycles. The van der Waals surface area contributed by atoms with Crippen LogP contribution in [0.25, 0.3) is 16.8 Å². The maximum absolute atomic E-state index is 12.7. The Morgan fingerprint density at radius 2 is 1.63 bits per heavy atom. The van der Waals surface area contributed by atoms with Crippen LogP contribution in [0.5, 0.6) is 0 Å². The summed E-state index contributed by atoms with van der Waals surface area (Å²) in [5, 5.41) is 16.4. The smallest absolute Gasteiger partial charge is 0.335 e. The van der Waals surface area contributed by atoms with E-state index in [1.54, 1.807) is 53.5 Å². The lowest BCUT2D eigenvalue weighted by Gasteiger charge is -2.10. The third-order valence-corrected chi connectivity index (χ3v) is 4.81. The van der Waals surface area contributed by atoms with Crippen molar-refractivity contribution in [2.45, 2.75) is 0 Å². The number of carboxylic acid groups (broad SMARTS) is 1. The van der Waals surface area contributed by atoms with Crippen molar-refractivity contribution in [2.75, 3.05) is 5.32 Å². The molecule has 0 radical (unpaired) electrons. The van der Waals surface area contributed by atoms with Gasteiger partial charge >= 0.3 is 5.97 Å². The number of nitrogens with one attached hydrogen (secondary N) is 1. The number of amides is 1. The third-order valence-electron chi connectivity index (χ3n) is 4.48. The standard InChI is InChI=1S/C22H15ClN4O3/c23-20-10-5-16(11-19(20)14-1-3-15(4-2-14)22(29)30)21(28)26-17-6-8-18(9-7-17)27-13-24-12-25-27/h1-13H,(H,26,28)(H,29,30). The molecule has 0 saturated carbocycles. The van der Waals surface area contributed by atoms with Crippen molar-refractivity contribution in [3.8, 4) is 16.8 Å². The molecule has 4 rings (SSSR count). The lowest BCUT2D eigenvalue weighted by Crippen LogP contribution is -2.12. The van der Waals surface area contributed by atoms with Crippen molar-refractivity contribution in [3.63, 3.8) is 0 Å². The first-order valence-corrected chi connectivity index (χ1v) is 9.29. The van der Waals surface area contributed by atoms with Crippen molar-refractivity contribution < 1.29 is 14.7 Å². The molecule has 8 heteroatoms. The SMILES string of the molecule is O=C(O)c1ccc(-c2cc(C(=O)Nc3ccc(-n4cncn4)cc3)ccc2Cl)cc1. The molecule has 0 atom stereocenters. The minimum atomic E-state index is -1.00. The number of benzene rings is 3. The normalized spacial score (nSPS) is 10.6. The fourth-order valence-corrected chi connectivity index (χ4v) is 3.15. The van der Waals surface area contributed by atoms with Crippen LogP contribution in [0.1, 0.15) is 20.7 Å². The average Bonchev–Trinajstić information content (AvgIpc) is 3.29. The zero-order valence-electron chi connectivity index (χ0n) is 15.5. The number of hydrogen-bond acceptors (Lipinski definition) is 4. The molecule has 30 heavy (non-hydrogen) atoms. The van der Waals surface area contributed by atoms with Crippen LogP contribution < -0.4 is 5.32 Å². The van der Waals surface area contributed by atoms with Gasteiger partial charge in [0.15, 0.2) is 0 Å². The summed E-state index contributed by atoms with van der Waals surface area (Å²) in [7, 11) is 0. The van der Waals surface area contributed by atoms with E-state index in [1.165, 1.54) is 18.5 Å². The summed E-state index contributed by atoms with van der Waals surface area (Å²) in [6.45, 7) is 0. The molecule has 0 aliphatic carbocycles. The second-order valence-electron chi connectivity index (χ2n) is 6.42. The van der Waals surface area contributed by atoms with Crippen LogP contribution in [-0.4, -0.2) is 31.7 Å². The van der Waals surface area contributed by atoms with Gasteiger partial charge in [-0.2, -0.15) is 5.10 Å². The summed E-state index contributed by atoms with van der Waals surface area (Å²) in [6.07, 6.45) is 3.04. The summed E-state index contributed by atoms with van der Waals surface area (Å²) in [5.41, 5.74) is 3.42. The van der Waals surface area contributed by atoms with Gasteiger partial charge in [-0.05, 0) is 60.2 Å². The predicted octanol–water partition coefficient (Wildman–Crippen LogP) is 4.54. The molecule has 2 N–H and O–H groups in total. The van der Waals surface area contributed by atoms with Crippen LogP contribution >= 0.6 is 11.6 Å². The summed E-state index contributed by atoms with van der Waals surface area (Å²) >= 11 is 6.30. The lowest BCUT2D eigenvalue weighted by atomic mass is 10.0. The van der Waals surface area contributed by atoms with E-state index in [0.29, 0.717) is 21.8 Å². The van der Waals surface area contributed by atoms with Gasteiger partial charge in [0.25, 0.3) is 5.91 Å². The van der Waals surface area contributed by atoms with E-state index in [2.05, 4.69) is 15.4 Å². The Labute approximate surface area is 176 Å². The summed E-state index contributed by atoms with van der Waals surface area (Å²) in [5.74, 6) is -1.29. The number of aromatic carboxylic acids is 1. The number of aromatic nitrogens is 3. The quantitative estimate of drug-likeness (QED) is 0.496. The number of carbonyl (C=O) groups is 2. The molecule has 148 valence electrons. The molecular formula is C22H15ClN4O3. The molecule has 0 bridgehead atoms. The Morgan fingerprint density at radius 1 is 0.933 bits per heavy atom. The third kappa shape index (κ3) is 4.06. The number of rotatable bonds is 5. The maximum Gasteiger partial charge on any atom is 0.335 e. The van der Waals surface area contributed by atoms with Crippen molar-refractivity contribution >= 4 is 29.2 Å². The zero-order valence-corrected chi connectivity index (χ0v) is 16.2. The molecule has 0 spiro atoms. The molecule has 4 aromatic rings. The summed E-state index contributed by atoms with van der Waals surface area (Å²) in [6, 6.07) is 18.5. The number of carboxylic acids is 1.